The molecule has 0 saturated carbocycles. The second-order valence-corrected chi connectivity index (χ2v) is 11.6. The lowest BCUT2D eigenvalue weighted by atomic mass is 9.80. The molecule has 180 valence electrons. The van der Waals surface area contributed by atoms with Gasteiger partial charge in [-0.15, -0.1) is 11.3 Å². The van der Waals surface area contributed by atoms with E-state index in [0.717, 1.165) is 0 Å². The van der Waals surface area contributed by atoms with E-state index in [9.17, 15) is 0 Å². The van der Waals surface area contributed by atoms with E-state index < -0.39 is 0 Å². The highest BCUT2D eigenvalue weighted by Crippen LogP contribution is 2.53. The number of aryl methyl sites for hydroxylation is 2. The smallest absolute Gasteiger partial charge is 0.0646 e. The normalized spacial score (nSPS) is 13.6. The molecule has 0 unspecified atom stereocenters. The molecule has 37 heavy (non-hydrogen) atoms. The van der Waals surface area contributed by atoms with Crippen LogP contribution in [0.1, 0.15) is 36.1 Å². The highest BCUT2D eigenvalue weighted by atomic mass is 32.1. The molecule has 2 aromatic heterocycles. The monoisotopic (exact) mass is 495 g/mol. The summed E-state index contributed by atoms with van der Waals surface area (Å²) in [7, 11) is 0. The van der Waals surface area contributed by atoms with Gasteiger partial charge in [-0.25, -0.2) is 0 Å². The molecule has 1 nitrogen and oxygen atoms in total. The van der Waals surface area contributed by atoms with Crippen molar-refractivity contribution in [2.24, 2.45) is 0 Å². The molecule has 1 aliphatic rings. The average Bonchev–Trinajstić information content (AvgIpc) is 3.37. The van der Waals surface area contributed by atoms with Gasteiger partial charge in [0.05, 0.1) is 11.0 Å². The van der Waals surface area contributed by atoms with Gasteiger partial charge in [-0.05, 0) is 71.3 Å². The number of hydrogen-bond acceptors (Lipinski definition) is 1. The lowest BCUT2D eigenvalue weighted by molar-refractivity contribution is 0.657. The van der Waals surface area contributed by atoms with E-state index in [4.69, 9.17) is 0 Å². The molecule has 0 spiro atoms. The highest BCUT2D eigenvalue weighted by molar-refractivity contribution is 7.16. The van der Waals surface area contributed by atoms with Crippen LogP contribution >= 0.6 is 11.3 Å². The third-order valence-corrected chi connectivity index (χ3v) is 9.11. The first-order valence-corrected chi connectivity index (χ1v) is 13.8. The summed E-state index contributed by atoms with van der Waals surface area (Å²) in [4.78, 5) is 0. The predicted molar refractivity (Wildman–Crippen MR) is 161 cm³/mol. The first kappa shape index (κ1) is 22.3. The van der Waals surface area contributed by atoms with E-state index in [1.54, 1.807) is 0 Å². The predicted octanol–water partition coefficient (Wildman–Crippen LogP) is 10.0. The van der Waals surface area contributed by atoms with Crippen LogP contribution in [0, 0.1) is 13.8 Å². The number of fused-ring (bicyclic) bond motifs is 8. The largest absolute Gasteiger partial charge is 0.308 e. The summed E-state index contributed by atoms with van der Waals surface area (Å²) < 4.78 is 3.76. The molecular formula is C35H29NS. The number of hydrogen-bond donors (Lipinski definition) is 0. The minimum absolute atomic E-state index is 0.109. The second-order valence-electron chi connectivity index (χ2n) is 10.7. The van der Waals surface area contributed by atoms with Gasteiger partial charge in [-0.3, -0.25) is 0 Å². The molecule has 0 N–H and O–H groups in total. The van der Waals surface area contributed by atoms with Crippen LogP contribution in [-0.4, -0.2) is 4.57 Å². The van der Waals surface area contributed by atoms with Crippen molar-refractivity contribution in [3.8, 4) is 16.8 Å². The molecule has 0 aliphatic heterocycles. The molecule has 6 aromatic rings. The van der Waals surface area contributed by atoms with E-state index in [1.807, 2.05) is 11.3 Å². The zero-order chi connectivity index (χ0) is 25.3. The topological polar surface area (TPSA) is 4.93 Å². The third-order valence-electron chi connectivity index (χ3n) is 8.16. The summed E-state index contributed by atoms with van der Waals surface area (Å²) in [6.07, 6.45) is 0. The van der Waals surface area contributed by atoms with E-state index in [0.29, 0.717) is 0 Å². The van der Waals surface area contributed by atoms with Crippen molar-refractivity contribution in [1.82, 2.24) is 4.57 Å². The standard InChI is InChI=1S/C35H29NS/c1-22-17-19-24(20-18-22)36-29-15-9-6-13-27(29)32-30(36)21-37-31-16-10-7-11-25(31)23(2)34-33(32)26-12-5-8-14-28(26)35(34,3)4/h5-21H,1-4H3. The zero-order valence-electron chi connectivity index (χ0n) is 21.7. The summed E-state index contributed by atoms with van der Waals surface area (Å²) in [6.45, 7) is 9.27. The van der Waals surface area contributed by atoms with Gasteiger partial charge in [0.2, 0.25) is 0 Å². The van der Waals surface area contributed by atoms with Crippen molar-refractivity contribution in [3.63, 3.8) is 0 Å². The van der Waals surface area contributed by atoms with Gasteiger partial charge in [0, 0.05) is 32.0 Å². The maximum absolute atomic E-state index is 2.46. The van der Waals surface area contributed by atoms with Gasteiger partial charge in [-0.2, -0.15) is 0 Å². The van der Waals surface area contributed by atoms with Gasteiger partial charge < -0.3 is 4.57 Å². The van der Waals surface area contributed by atoms with Gasteiger partial charge in [0.1, 0.15) is 0 Å². The highest BCUT2D eigenvalue weighted by Gasteiger charge is 2.38. The molecule has 2 heterocycles. The van der Waals surface area contributed by atoms with E-state index in [1.165, 1.54) is 71.0 Å². The fraction of sp³-hybridized carbons (Fsp3) is 0.143. The van der Waals surface area contributed by atoms with Gasteiger partial charge in [0.25, 0.3) is 0 Å². The molecule has 2 heteroatoms. The van der Waals surface area contributed by atoms with Crippen molar-refractivity contribution in [3.05, 3.63) is 125 Å². The Hall–Kier alpha value is -3.88. The Labute approximate surface area is 222 Å². The molecule has 0 radical (unpaired) electrons. The van der Waals surface area contributed by atoms with Crippen molar-refractivity contribution in [2.75, 3.05) is 0 Å². The van der Waals surface area contributed by atoms with E-state index in [2.05, 4.69) is 135 Å². The quantitative estimate of drug-likeness (QED) is 0.214. The van der Waals surface area contributed by atoms with E-state index >= 15 is 0 Å². The lowest BCUT2D eigenvalue weighted by Crippen LogP contribution is -2.16. The maximum Gasteiger partial charge on any atom is 0.0646 e. The van der Waals surface area contributed by atoms with E-state index in [-0.39, 0.29) is 5.41 Å². The Morgan fingerprint density at radius 3 is 2.16 bits per heavy atom. The fourth-order valence-electron chi connectivity index (χ4n) is 6.48. The summed E-state index contributed by atoms with van der Waals surface area (Å²) in [6, 6.07) is 35.7. The Morgan fingerprint density at radius 1 is 0.676 bits per heavy atom. The molecule has 0 fully saturated rings. The second kappa shape index (κ2) is 8.06. The van der Waals surface area contributed by atoms with Gasteiger partial charge in [-0.1, -0.05) is 92.2 Å². The van der Waals surface area contributed by atoms with Crippen molar-refractivity contribution < 1.29 is 0 Å². The number of para-hydroxylation sites is 1. The van der Waals surface area contributed by atoms with Crippen LogP contribution in [0.25, 0.3) is 48.7 Å². The Kier molecular flexibility index (Phi) is 4.86. The molecule has 4 aromatic carbocycles. The Bertz CT molecular complexity index is 1910. The first-order chi connectivity index (χ1) is 18.0. The molecule has 0 atom stereocenters. The molecule has 0 bridgehead atoms. The number of benzene rings is 4. The fourth-order valence-corrected chi connectivity index (χ4v) is 7.45. The average molecular weight is 496 g/mol. The van der Waals surface area contributed by atoms with Crippen LogP contribution in [-0.2, 0) is 5.41 Å². The molecule has 1 aliphatic carbocycles. The summed E-state index contributed by atoms with van der Waals surface area (Å²) in [5.74, 6) is 0. The lowest BCUT2D eigenvalue weighted by Gasteiger charge is -2.23. The van der Waals surface area contributed by atoms with Crippen molar-refractivity contribution in [1.29, 1.82) is 0 Å². The summed E-state index contributed by atoms with van der Waals surface area (Å²) in [5, 5.41) is 6.34. The molecule has 7 rings (SSSR count). The van der Waals surface area contributed by atoms with Crippen molar-refractivity contribution >= 4 is 43.2 Å². The first-order valence-electron chi connectivity index (χ1n) is 13.0. The zero-order valence-corrected chi connectivity index (χ0v) is 22.5. The third kappa shape index (κ3) is 3.15. The van der Waals surface area contributed by atoms with Crippen LogP contribution in [0.3, 0.4) is 0 Å². The van der Waals surface area contributed by atoms with Gasteiger partial charge >= 0.3 is 0 Å². The number of nitrogens with zero attached hydrogens (tertiary/aromatic N) is 1. The molecular weight excluding hydrogens is 466 g/mol. The van der Waals surface area contributed by atoms with Crippen LogP contribution in [0.15, 0.2) is 102 Å². The van der Waals surface area contributed by atoms with Crippen LogP contribution in [0.4, 0.5) is 0 Å². The van der Waals surface area contributed by atoms with Crippen molar-refractivity contribution in [2.45, 2.75) is 33.1 Å². The molecule has 0 saturated heterocycles. The molecule has 0 amide bonds. The summed E-state index contributed by atoms with van der Waals surface area (Å²) >= 11 is 1.84. The summed E-state index contributed by atoms with van der Waals surface area (Å²) in [5.41, 5.74) is 11.8. The minimum Gasteiger partial charge on any atom is -0.308 e. The SMILES string of the molecule is Cc1ccc(-n2c3ccccc3c3c4c(c(C)c5ccccc5scc32)C(C)(C)c2ccccc2-4)cc1. The number of rotatable bonds is 1. The minimum atomic E-state index is -0.109. The van der Waals surface area contributed by atoms with Crippen LogP contribution in [0.2, 0.25) is 0 Å². The van der Waals surface area contributed by atoms with Crippen LogP contribution in [0.5, 0.6) is 0 Å². The Morgan fingerprint density at radius 2 is 1.35 bits per heavy atom. The van der Waals surface area contributed by atoms with Gasteiger partial charge in [0.15, 0.2) is 0 Å². The van der Waals surface area contributed by atoms with Crippen LogP contribution < -0.4 is 0 Å². The maximum atomic E-state index is 2.46. The Balaban J connectivity index is 1.83. The number of aromatic nitrogens is 1.